The van der Waals surface area contributed by atoms with Crippen molar-refractivity contribution in [2.75, 3.05) is 0 Å². The summed E-state index contributed by atoms with van der Waals surface area (Å²) in [7, 11) is 0. The maximum absolute atomic E-state index is 8.95. The molecule has 14 heavy (non-hydrogen) atoms. The number of aromatic nitrogens is 4. The number of tetrazole rings is 1. The van der Waals surface area contributed by atoms with E-state index in [1.165, 1.54) is 0 Å². The van der Waals surface area contributed by atoms with Gasteiger partial charge in [0.25, 0.3) is 0 Å². The van der Waals surface area contributed by atoms with Crippen molar-refractivity contribution >= 4 is 0 Å². The largest absolute Gasteiger partial charge is 0.197 e. The average Bonchev–Trinajstić information content (AvgIpc) is 2.73. The van der Waals surface area contributed by atoms with Crippen molar-refractivity contribution in [2.24, 2.45) is 0 Å². The van der Waals surface area contributed by atoms with Crippen LogP contribution >= 0.6 is 0 Å². The van der Waals surface area contributed by atoms with E-state index in [1.807, 2.05) is 20.8 Å². The van der Waals surface area contributed by atoms with E-state index in [-0.39, 0.29) is 5.54 Å². The van der Waals surface area contributed by atoms with Gasteiger partial charge in [-0.3, -0.25) is 0 Å². The molecule has 0 bridgehead atoms. The van der Waals surface area contributed by atoms with Gasteiger partial charge in [-0.15, -0.1) is 10.2 Å². The lowest BCUT2D eigenvalue weighted by molar-refractivity contribution is 0.305. The maximum Gasteiger partial charge on any atom is 0.194 e. The molecule has 0 aliphatic heterocycles. The van der Waals surface area contributed by atoms with E-state index in [0.717, 1.165) is 12.8 Å². The Kier molecular flexibility index (Phi) is 1.65. The lowest BCUT2D eigenvalue weighted by Crippen LogP contribution is -2.25. The van der Waals surface area contributed by atoms with Crippen LogP contribution in [0.15, 0.2) is 0 Å². The van der Waals surface area contributed by atoms with E-state index in [9.17, 15) is 0 Å². The summed E-state index contributed by atoms with van der Waals surface area (Å²) in [5.74, 6) is 0.579. The molecule has 74 valence electrons. The molecule has 0 spiro atoms. The topological polar surface area (TPSA) is 67.4 Å². The van der Waals surface area contributed by atoms with Crippen molar-refractivity contribution in [3.63, 3.8) is 0 Å². The normalized spacial score (nSPS) is 19.0. The monoisotopic (exact) mass is 191 g/mol. The van der Waals surface area contributed by atoms with Crippen LogP contribution in [-0.2, 0) is 11.0 Å². The maximum atomic E-state index is 8.95. The van der Waals surface area contributed by atoms with Crippen LogP contribution < -0.4 is 0 Å². The van der Waals surface area contributed by atoms with Gasteiger partial charge in [0.1, 0.15) is 5.41 Å². The second-order valence-electron chi connectivity index (χ2n) is 4.77. The zero-order valence-electron chi connectivity index (χ0n) is 8.65. The molecule has 0 N–H and O–H groups in total. The fraction of sp³-hybridized carbons (Fsp3) is 0.778. The molecular formula is C9H13N5. The molecule has 1 aromatic rings. The summed E-state index contributed by atoms with van der Waals surface area (Å²) >= 11 is 0. The van der Waals surface area contributed by atoms with E-state index in [0.29, 0.717) is 5.82 Å². The van der Waals surface area contributed by atoms with Gasteiger partial charge in [0.05, 0.1) is 11.6 Å². The van der Waals surface area contributed by atoms with E-state index in [1.54, 1.807) is 4.80 Å². The van der Waals surface area contributed by atoms with Gasteiger partial charge in [-0.2, -0.15) is 10.1 Å². The number of nitriles is 1. The molecular weight excluding hydrogens is 178 g/mol. The van der Waals surface area contributed by atoms with Gasteiger partial charge in [0.15, 0.2) is 5.82 Å². The van der Waals surface area contributed by atoms with Gasteiger partial charge in [-0.25, -0.2) is 0 Å². The van der Waals surface area contributed by atoms with E-state index >= 15 is 0 Å². The molecule has 1 aliphatic carbocycles. The second kappa shape index (κ2) is 2.53. The highest BCUT2D eigenvalue weighted by atomic mass is 15.6. The minimum absolute atomic E-state index is 0.170. The Morgan fingerprint density at radius 3 is 2.43 bits per heavy atom. The fourth-order valence-electron chi connectivity index (χ4n) is 1.20. The number of nitrogens with zero attached hydrogens (tertiary/aromatic N) is 5. The molecule has 2 rings (SSSR count). The van der Waals surface area contributed by atoms with E-state index < -0.39 is 5.41 Å². The van der Waals surface area contributed by atoms with Gasteiger partial charge in [-0.1, -0.05) is 0 Å². The molecule has 0 atom stereocenters. The summed E-state index contributed by atoms with van der Waals surface area (Å²) in [4.78, 5) is 1.57. The molecule has 0 aromatic carbocycles. The SMILES string of the molecule is CC(C)(C)n1nnc(C2(C#N)CC2)n1. The first-order valence-electron chi connectivity index (χ1n) is 4.70. The minimum atomic E-state index is -0.427. The van der Waals surface area contributed by atoms with Crippen molar-refractivity contribution in [2.45, 2.75) is 44.6 Å². The standard InChI is InChI=1S/C9H13N5/c1-8(2,3)14-12-7(11-13-14)9(6-10)4-5-9/h4-5H2,1-3H3. The first-order valence-corrected chi connectivity index (χ1v) is 4.70. The third-order valence-corrected chi connectivity index (χ3v) is 2.41. The molecule has 1 fully saturated rings. The van der Waals surface area contributed by atoms with Crippen molar-refractivity contribution in [1.82, 2.24) is 20.2 Å². The van der Waals surface area contributed by atoms with Crippen LogP contribution in [-0.4, -0.2) is 20.2 Å². The van der Waals surface area contributed by atoms with Crippen molar-refractivity contribution < 1.29 is 0 Å². The number of rotatable bonds is 1. The zero-order chi connectivity index (χ0) is 10.4. The highest BCUT2D eigenvalue weighted by molar-refractivity contribution is 5.27. The summed E-state index contributed by atoms with van der Waals surface area (Å²) < 4.78 is 0. The summed E-state index contributed by atoms with van der Waals surface area (Å²) in [6.45, 7) is 6.01. The van der Waals surface area contributed by atoms with Crippen LogP contribution in [0.1, 0.15) is 39.4 Å². The average molecular weight is 191 g/mol. The predicted molar refractivity (Wildman–Crippen MR) is 49.3 cm³/mol. The van der Waals surface area contributed by atoms with E-state index in [4.69, 9.17) is 5.26 Å². The molecule has 0 radical (unpaired) electrons. The van der Waals surface area contributed by atoms with Crippen molar-refractivity contribution in [3.8, 4) is 6.07 Å². The third kappa shape index (κ3) is 1.27. The van der Waals surface area contributed by atoms with Gasteiger partial charge in [0, 0.05) is 0 Å². The van der Waals surface area contributed by atoms with Gasteiger partial charge in [0.2, 0.25) is 0 Å². The first kappa shape index (κ1) is 9.13. The number of hydrogen-bond donors (Lipinski definition) is 0. The zero-order valence-corrected chi connectivity index (χ0v) is 8.65. The Labute approximate surface area is 82.7 Å². The molecule has 5 nitrogen and oxygen atoms in total. The van der Waals surface area contributed by atoms with Crippen LogP contribution in [0.4, 0.5) is 0 Å². The minimum Gasteiger partial charge on any atom is -0.197 e. The lowest BCUT2D eigenvalue weighted by atomic mass is 10.1. The Morgan fingerprint density at radius 1 is 1.43 bits per heavy atom. The lowest BCUT2D eigenvalue weighted by Gasteiger charge is -2.15. The molecule has 1 heterocycles. The Morgan fingerprint density at radius 2 is 2.07 bits per heavy atom. The molecule has 0 unspecified atom stereocenters. The van der Waals surface area contributed by atoms with Gasteiger partial charge < -0.3 is 0 Å². The molecule has 0 saturated heterocycles. The number of hydrogen-bond acceptors (Lipinski definition) is 4. The smallest absolute Gasteiger partial charge is 0.194 e. The van der Waals surface area contributed by atoms with Crippen LogP contribution in [0.5, 0.6) is 0 Å². The highest BCUT2D eigenvalue weighted by Crippen LogP contribution is 2.45. The second-order valence-corrected chi connectivity index (χ2v) is 4.77. The molecule has 0 amide bonds. The Balaban J connectivity index is 2.32. The molecule has 1 aliphatic rings. The van der Waals surface area contributed by atoms with E-state index in [2.05, 4.69) is 21.5 Å². The summed E-state index contributed by atoms with van der Waals surface area (Å²) in [5.41, 5.74) is -0.597. The van der Waals surface area contributed by atoms with Crippen molar-refractivity contribution in [1.29, 1.82) is 5.26 Å². The highest BCUT2D eigenvalue weighted by Gasteiger charge is 2.49. The van der Waals surface area contributed by atoms with Gasteiger partial charge in [-0.05, 0) is 38.8 Å². The Bertz CT molecular complexity index is 388. The molecule has 1 aromatic heterocycles. The summed E-state index contributed by atoms with van der Waals surface area (Å²) in [6, 6.07) is 2.26. The third-order valence-electron chi connectivity index (χ3n) is 2.41. The van der Waals surface area contributed by atoms with Crippen molar-refractivity contribution in [3.05, 3.63) is 5.82 Å². The van der Waals surface area contributed by atoms with Gasteiger partial charge >= 0.3 is 0 Å². The summed E-state index contributed by atoms with van der Waals surface area (Å²) in [6.07, 6.45) is 1.72. The van der Waals surface area contributed by atoms with Crippen LogP contribution in [0.3, 0.4) is 0 Å². The molecule has 1 saturated carbocycles. The molecule has 5 heteroatoms. The van der Waals surface area contributed by atoms with Crippen LogP contribution in [0.25, 0.3) is 0 Å². The van der Waals surface area contributed by atoms with Crippen LogP contribution in [0, 0.1) is 11.3 Å². The first-order chi connectivity index (χ1) is 6.48. The predicted octanol–water partition coefficient (Wildman–Crippen LogP) is 0.983. The quantitative estimate of drug-likeness (QED) is 0.663. The fourth-order valence-corrected chi connectivity index (χ4v) is 1.20. The van der Waals surface area contributed by atoms with Crippen LogP contribution in [0.2, 0.25) is 0 Å². The summed E-state index contributed by atoms with van der Waals surface area (Å²) in [5, 5.41) is 21.1. The Hall–Kier alpha value is -1.44.